The molecule has 0 spiro atoms. The van der Waals surface area contributed by atoms with Gasteiger partial charge in [0.25, 0.3) is 0 Å². The van der Waals surface area contributed by atoms with Gasteiger partial charge in [-0.3, -0.25) is 18.6 Å². The summed E-state index contributed by atoms with van der Waals surface area (Å²) < 4.78 is 32.5. The minimum Gasteiger partial charge on any atom is -0.461 e. The summed E-state index contributed by atoms with van der Waals surface area (Å²) in [5, 5.41) is 49.6. The van der Waals surface area contributed by atoms with Crippen molar-refractivity contribution in [2.24, 2.45) is 11.8 Å². The second-order valence-electron chi connectivity index (χ2n) is 14.3. The van der Waals surface area contributed by atoms with E-state index in [2.05, 4.69) is 30.5 Å². The van der Waals surface area contributed by atoms with Gasteiger partial charge in [0.05, 0.1) is 44.6 Å². The molecule has 0 aliphatic heterocycles. The Kier molecular flexibility index (Phi) is 28.9. The van der Waals surface area contributed by atoms with E-state index in [1.54, 1.807) is 24.3 Å². The van der Waals surface area contributed by atoms with Gasteiger partial charge in [0, 0.05) is 18.8 Å². The molecule has 14 heteroatoms. The summed E-state index contributed by atoms with van der Waals surface area (Å²) in [6.07, 6.45) is 22.5. The molecule has 0 radical (unpaired) electrons. The maximum atomic E-state index is 12.6. The van der Waals surface area contributed by atoms with Gasteiger partial charge in [-0.15, -0.1) is 0 Å². The number of phosphoric ester groups is 1. The van der Waals surface area contributed by atoms with E-state index in [1.165, 1.54) is 25.7 Å². The number of phosphoric acid groups is 1. The number of carbonyl (C=O) groups is 2. The van der Waals surface area contributed by atoms with Crippen LogP contribution in [-0.4, -0.2) is 99.3 Å². The quantitative estimate of drug-likeness (QED) is 0.0185. The largest absolute Gasteiger partial charge is 0.472 e. The zero-order chi connectivity index (χ0) is 40.0. The van der Waals surface area contributed by atoms with Gasteiger partial charge in [-0.1, -0.05) is 108 Å². The molecule has 1 unspecified atom stereocenters. The highest BCUT2D eigenvalue weighted by Gasteiger charge is 2.39. The van der Waals surface area contributed by atoms with Crippen LogP contribution >= 0.6 is 7.82 Å². The number of hydrogen-bond donors (Lipinski definition) is 6. The maximum Gasteiger partial charge on any atom is 0.472 e. The number of carbonyl (C=O) groups excluding carboxylic acids is 2. The number of aliphatic hydroxyl groups excluding tert-OH is 5. The zero-order valence-corrected chi connectivity index (χ0v) is 33.7. The van der Waals surface area contributed by atoms with Crippen LogP contribution in [0.25, 0.3) is 0 Å². The molecule has 0 amide bonds. The molecule has 1 saturated carbocycles. The van der Waals surface area contributed by atoms with Crippen LogP contribution in [0.3, 0.4) is 0 Å². The molecule has 54 heavy (non-hydrogen) atoms. The molecule has 0 aromatic heterocycles. The molecule has 1 aliphatic rings. The van der Waals surface area contributed by atoms with Crippen LogP contribution in [0.15, 0.2) is 36.5 Å². The predicted octanol–water partition coefficient (Wildman–Crippen LogP) is 6.38. The van der Waals surface area contributed by atoms with E-state index in [1.807, 2.05) is 0 Å². The van der Waals surface area contributed by atoms with Crippen LogP contribution in [0, 0.1) is 11.8 Å². The maximum absolute atomic E-state index is 12.6. The summed E-state index contributed by atoms with van der Waals surface area (Å²) in [6, 6.07) is 0. The molecule has 1 rings (SSSR count). The topological polar surface area (TPSA) is 210 Å². The fraction of sp³-hybridized carbons (Fsp3) is 0.800. The Hall–Kier alpha value is -1.93. The van der Waals surface area contributed by atoms with Gasteiger partial charge in [0.15, 0.2) is 6.10 Å². The Morgan fingerprint density at radius 1 is 0.778 bits per heavy atom. The lowest BCUT2D eigenvalue weighted by atomic mass is 9.89. The first-order chi connectivity index (χ1) is 25.9. The van der Waals surface area contributed by atoms with Crippen molar-refractivity contribution in [2.75, 3.05) is 26.4 Å². The van der Waals surface area contributed by atoms with Gasteiger partial charge < -0.3 is 39.9 Å². The molecule has 13 nitrogen and oxygen atoms in total. The lowest BCUT2D eigenvalue weighted by molar-refractivity contribution is -0.160. The Morgan fingerprint density at radius 2 is 1.41 bits per heavy atom. The van der Waals surface area contributed by atoms with E-state index in [0.29, 0.717) is 19.3 Å². The third-order valence-corrected chi connectivity index (χ3v) is 10.3. The van der Waals surface area contributed by atoms with Gasteiger partial charge in [-0.25, -0.2) is 4.57 Å². The van der Waals surface area contributed by atoms with Crippen molar-refractivity contribution in [3.8, 4) is 0 Å². The summed E-state index contributed by atoms with van der Waals surface area (Å²) in [7, 11) is -4.70. The van der Waals surface area contributed by atoms with E-state index >= 15 is 0 Å². The van der Waals surface area contributed by atoms with E-state index in [0.717, 1.165) is 57.8 Å². The first-order valence-electron chi connectivity index (χ1n) is 20.2. The zero-order valence-electron chi connectivity index (χ0n) is 32.8. The molecule has 0 aromatic carbocycles. The van der Waals surface area contributed by atoms with E-state index in [9.17, 15) is 39.5 Å². The lowest BCUT2D eigenvalue weighted by Gasteiger charge is -2.20. The number of allylic oxidation sites excluding steroid dienone is 3. The third kappa shape index (κ3) is 25.3. The second-order valence-corrected chi connectivity index (χ2v) is 15.7. The van der Waals surface area contributed by atoms with Crippen molar-refractivity contribution in [1.82, 2.24) is 0 Å². The summed E-state index contributed by atoms with van der Waals surface area (Å²) in [5.41, 5.74) is 0. The third-order valence-electron chi connectivity index (χ3n) is 9.37. The van der Waals surface area contributed by atoms with E-state index in [4.69, 9.17) is 19.1 Å². The van der Waals surface area contributed by atoms with Crippen molar-refractivity contribution in [3.63, 3.8) is 0 Å². The molecule has 0 saturated heterocycles. The van der Waals surface area contributed by atoms with Crippen LogP contribution in [0.2, 0.25) is 0 Å². The Labute approximate surface area is 323 Å². The SMILES string of the molecule is CCCCCC/C=C\CCCCCCCC(=O)O[C@H](COC(=O)C/C=C\C[C@H]1[C@@H](/C=C/[C@H](O)CCCCC)[C@H](O)C[C@@H]1O)COP(=O)(O)OC[C@@H](O)CO. The number of ether oxygens (including phenoxy) is 2. The van der Waals surface area contributed by atoms with Crippen molar-refractivity contribution in [3.05, 3.63) is 36.5 Å². The molecular formula is C40H71O13P. The van der Waals surface area contributed by atoms with Crippen molar-refractivity contribution < 1.29 is 63.1 Å². The minimum atomic E-state index is -4.70. The average molecular weight is 791 g/mol. The first kappa shape index (κ1) is 50.1. The van der Waals surface area contributed by atoms with Gasteiger partial charge in [0.1, 0.15) is 12.7 Å². The monoisotopic (exact) mass is 790 g/mol. The molecule has 8 atom stereocenters. The summed E-state index contributed by atoms with van der Waals surface area (Å²) in [6.45, 7) is 1.85. The number of esters is 2. The summed E-state index contributed by atoms with van der Waals surface area (Å²) >= 11 is 0. The van der Waals surface area contributed by atoms with Crippen molar-refractivity contribution in [2.45, 2.75) is 166 Å². The highest BCUT2D eigenvalue weighted by Crippen LogP contribution is 2.43. The smallest absolute Gasteiger partial charge is 0.461 e. The standard InChI is InChI=1S/C40H71O13P/c1-3-5-7-8-9-10-11-12-13-14-15-16-18-24-40(47)53-34(31-52-54(48,49)51-29-33(43)28-41)30-50-39(46)23-20-19-22-35-36(38(45)27-37(35)44)26-25-32(42)21-17-6-4-2/h10-11,19-20,25-26,32-38,41-45H,3-9,12-18,21-24,27-31H2,1-2H3,(H,48,49)/b11-10-,20-19-,26-25+/t32-,33+,34-,35+,36-,37+,38-/m1/s1. The van der Waals surface area contributed by atoms with Gasteiger partial charge >= 0.3 is 19.8 Å². The normalized spacial score (nSPS) is 21.9. The van der Waals surface area contributed by atoms with Crippen LogP contribution in [0.5, 0.6) is 0 Å². The van der Waals surface area contributed by atoms with Crippen LogP contribution < -0.4 is 0 Å². The highest BCUT2D eigenvalue weighted by molar-refractivity contribution is 7.47. The van der Waals surface area contributed by atoms with Gasteiger partial charge in [-0.2, -0.15) is 0 Å². The molecule has 314 valence electrons. The Morgan fingerprint density at radius 3 is 2.09 bits per heavy atom. The minimum absolute atomic E-state index is 0.108. The average Bonchev–Trinajstić information content (AvgIpc) is 3.41. The second kappa shape index (κ2) is 31.2. The number of rotatable bonds is 33. The molecule has 0 aromatic rings. The molecule has 0 bridgehead atoms. The number of aliphatic hydroxyl groups is 5. The van der Waals surface area contributed by atoms with Crippen LogP contribution in [0.1, 0.15) is 136 Å². The lowest BCUT2D eigenvalue weighted by Crippen LogP contribution is -2.29. The van der Waals surface area contributed by atoms with Gasteiger partial charge in [0.2, 0.25) is 0 Å². The molecule has 1 fully saturated rings. The molecule has 0 heterocycles. The van der Waals surface area contributed by atoms with Crippen molar-refractivity contribution in [1.29, 1.82) is 0 Å². The molecular weight excluding hydrogens is 719 g/mol. The summed E-state index contributed by atoms with van der Waals surface area (Å²) in [5.74, 6) is -1.88. The van der Waals surface area contributed by atoms with Gasteiger partial charge in [-0.05, 0) is 50.9 Å². The van der Waals surface area contributed by atoms with E-state index in [-0.39, 0.29) is 31.1 Å². The highest BCUT2D eigenvalue weighted by atomic mass is 31.2. The first-order valence-corrected chi connectivity index (χ1v) is 21.7. The van der Waals surface area contributed by atoms with Crippen molar-refractivity contribution >= 4 is 19.8 Å². The molecule has 1 aliphatic carbocycles. The Balaban J connectivity index is 2.58. The van der Waals surface area contributed by atoms with E-state index < -0.39 is 76.7 Å². The summed E-state index contributed by atoms with van der Waals surface area (Å²) in [4.78, 5) is 35.1. The Bertz CT molecular complexity index is 1110. The number of unbranched alkanes of at least 4 members (excludes halogenated alkanes) is 11. The number of hydrogen-bond acceptors (Lipinski definition) is 12. The fourth-order valence-corrected chi connectivity index (χ4v) is 6.93. The predicted molar refractivity (Wildman–Crippen MR) is 207 cm³/mol. The van der Waals surface area contributed by atoms with Crippen LogP contribution in [-0.2, 0) is 32.7 Å². The molecule has 6 N–H and O–H groups in total. The fourth-order valence-electron chi connectivity index (χ4n) is 6.14. The van der Waals surface area contributed by atoms with Crippen LogP contribution in [0.4, 0.5) is 0 Å².